The highest BCUT2D eigenvalue weighted by atomic mass is 35.5. The Morgan fingerprint density at radius 1 is 1.54 bits per heavy atom. The number of rotatable bonds is 1. The monoisotopic (exact) mass is 212 g/mol. The number of carbonyl (C=O) groups excluding carboxylic acids is 1. The van der Waals surface area contributed by atoms with Gasteiger partial charge in [0.05, 0.1) is 5.02 Å². The maximum atomic E-state index is 10.8. The first-order valence-electron chi connectivity index (χ1n) is 4.19. The summed E-state index contributed by atoms with van der Waals surface area (Å²) in [6.45, 7) is 0. The number of fused-ring (bicyclic) bond motifs is 1. The van der Waals surface area contributed by atoms with Crippen molar-refractivity contribution in [3.05, 3.63) is 28.8 Å². The van der Waals surface area contributed by atoms with Gasteiger partial charge < -0.3 is 4.79 Å². The van der Waals surface area contributed by atoms with Crippen LogP contribution >= 0.6 is 23.4 Å². The van der Waals surface area contributed by atoms with Crippen molar-refractivity contribution in [2.45, 2.75) is 17.2 Å². The Morgan fingerprint density at radius 2 is 2.38 bits per heavy atom. The van der Waals surface area contributed by atoms with Gasteiger partial charge in [0.15, 0.2) is 0 Å². The van der Waals surface area contributed by atoms with E-state index in [1.165, 1.54) is 0 Å². The average Bonchev–Trinajstić information content (AvgIpc) is 2.18. The Labute approximate surface area is 86.5 Å². The predicted molar refractivity (Wildman–Crippen MR) is 55.6 cm³/mol. The molecule has 68 valence electrons. The van der Waals surface area contributed by atoms with Crippen LogP contribution in [0.5, 0.6) is 0 Å². The van der Waals surface area contributed by atoms with Crippen LogP contribution in [-0.2, 0) is 4.79 Å². The van der Waals surface area contributed by atoms with E-state index in [1.54, 1.807) is 11.8 Å². The molecule has 0 saturated carbocycles. The molecule has 0 fully saturated rings. The number of carbonyl (C=O) groups is 1. The molecule has 1 nitrogen and oxygen atoms in total. The van der Waals surface area contributed by atoms with Crippen LogP contribution in [0.15, 0.2) is 23.1 Å². The van der Waals surface area contributed by atoms with Crippen LogP contribution < -0.4 is 0 Å². The molecule has 1 aliphatic rings. The molecule has 0 spiro atoms. The van der Waals surface area contributed by atoms with Crippen molar-refractivity contribution in [1.82, 2.24) is 0 Å². The number of aldehydes is 1. The maximum Gasteiger partial charge on any atom is 0.127 e. The van der Waals surface area contributed by atoms with Crippen LogP contribution in [0.2, 0.25) is 5.02 Å². The Kier molecular flexibility index (Phi) is 2.61. The number of hydrogen-bond acceptors (Lipinski definition) is 2. The number of hydrogen-bond donors (Lipinski definition) is 0. The zero-order chi connectivity index (χ0) is 9.26. The second-order valence-corrected chi connectivity index (χ2v) is 4.55. The molecule has 0 aromatic heterocycles. The molecule has 13 heavy (non-hydrogen) atoms. The van der Waals surface area contributed by atoms with Gasteiger partial charge in [0.1, 0.15) is 6.29 Å². The molecule has 3 heteroatoms. The van der Waals surface area contributed by atoms with E-state index in [0.29, 0.717) is 0 Å². The largest absolute Gasteiger partial charge is 0.303 e. The Bertz CT molecular complexity index is 338. The van der Waals surface area contributed by atoms with Crippen LogP contribution in [0.4, 0.5) is 0 Å². The van der Waals surface area contributed by atoms with E-state index in [1.807, 2.05) is 18.2 Å². The van der Waals surface area contributed by atoms with E-state index in [2.05, 4.69) is 0 Å². The molecule has 2 rings (SSSR count). The van der Waals surface area contributed by atoms with Gasteiger partial charge in [-0.1, -0.05) is 23.7 Å². The van der Waals surface area contributed by atoms with Crippen molar-refractivity contribution >= 4 is 29.6 Å². The quantitative estimate of drug-likeness (QED) is 0.666. The fourth-order valence-corrected chi connectivity index (χ4v) is 3.07. The summed E-state index contributed by atoms with van der Waals surface area (Å²) >= 11 is 7.77. The van der Waals surface area contributed by atoms with Gasteiger partial charge in [-0.15, -0.1) is 11.8 Å². The van der Waals surface area contributed by atoms with E-state index in [-0.39, 0.29) is 5.92 Å². The van der Waals surface area contributed by atoms with E-state index in [4.69, 9.17) is 11.6 Å². The first-order valence-corrected chi connectivity index (χ1v) is 5.56. The summed E-state index contributed by atoms with van der Waals surface area (Å²) in [5, 5.41) is 0.772. The molecule has 0 bridgehead atoms. The number of thioether (sulfide) groups is 1. The highest BCUT2D eigenvalue weighted by Crippen LogP contribution is 2.40. The van der Waals surface area contributed by atoms with Crippen LogP contribution in [0.1, 0.15) is 17.9 Å². The van der Waals surface area contributed by atoms with Gasteiger partial charge >= 0.3 is 0 Å². The molecule has 1 aromatic carbocycles. The molecule has 0 radical (unpaired) electrons. The highest BCUT2D eigenvalue weighted by molar-refractivity contribution is 7.99. The second kappa shape index (κ2) is 3.72. The smallest absolute Gasteiger partial charge is 0.127 e. The SMILES string of the molecule is O=CC1CCSc2c(Cl)cccc21. The topological polar surface area (TPSA) is 17.1 Å². The van der Waals surface area contributed by atoms with Crippen LogP contribution in [0, 0.1) is 0 Å². The molecule has 1 aliphatic heterocycles. The van der Waals surface area contributed by atoms with E-state index in [0.717, 1.165) is 33.9 Å². The fourth-order valence-electron chi connectivity index (χ4n) is 1.55. The third-order valence-electron chi connectivity index (χ3n) is 2.24. The summed E-state index contributed by atoms with van der Waals surface area (Å²) in [7, 11) is 0. The van der Waals surface area contributed by atoms with Crippen molar-refractivity contribution in [3.8, 4) is 0 Å². The van der Waals surface area contributed by atoms with Gasteiger partial charge in [0, 0.05) is 10.8 Å². The summed E-state index contributed by atoms with van der Waals surface area (Å²) in [4.78, 5) is 11.9. The van der Waals surface area contributed by atoms with Crippen molar-refractivity contribution < 1.29 is 4.79 Å². The number of halogens is 1. The Hall–Kier alpha value is -0.470. The van der Waals surface area contributed by atoms with Gasteiger partial charge in [-0.25, -0.2) is 0 Å². The normalized spacial score (nSPS) is 20.8. The van der Waals surface area contributed by atoms with E-state index >= 15 is 0 Å². The van der Waals surface area contributed by atoms with Gasteiger partial charge in [-0.2, -0.15) is 0 Å². The molecule has 0 amide bonds. The summed E-state index contributed by atoms with van der Waals surface area (Å²) in [5.74, 6) is 1.04. The third-order valence-corrected chi connectivity index (χ3v) is 3.85. The molecule has 0 aliphatic carbocycles. The molecular formula is C10H9ClOS. The molecule has 0 N–H and O–H groups in total. The Balaban J connectivity index is 2.51. The lowest BCUT2D eigenvalue weighted by Crippen LogP contribution is -2.08. The molecule has 1 atom stereocenters. The summed E-state index contributed by atoms with van der Waals surface area (Å²) in [5.41, 5.74) is 1.10. The zero-order valence-corrected chi connectivity index (χ0v) is 8.57. The standard InChI is InChI=1S/C10H9ClOS/c11-9-3-1-2-8-7(6-12)4-5-13-10(8)9/h1-3,6-7H,4-5H2. The van der Waals surface area contributed by atoms with Crippen molar-refractivity contribution in [2.24, 2.45) is 0 Å². The summed E-state index contributed by atoms with van der Waals surface area (Å²) in [6, 6.07) is 5.77. The lowest BCUT2D eigenvalue weighted by atomic mass is 9.97. The van der Waals surface area contributed by atoms with Crippen LogP contribution in [0.3, 0.4) is 0 Å². The summed E-state index contributed by atoms with van der Waals surface area (Å²) < 4.78 is 0. The first kappa shape index (κ1) is 9.10. The van der Waals surface area contributed by atoms with Crippen molar-refractivity contribution in [1.29, 1.82) is 0 Å². The predicted octanol–water partition coefficient (Wildman–Crippen LogP) is 3.12. The minimum absolute atomic E-state index is 0.0509. The van der Waals surface area contributed by atoms with E-state index < -0.39 is 0 Å². The molecular weight excluding hydrogens is 204 g/mol. The summed E-state index contributed by atoms with van der Waals surface area (Å²) in [6.07, 6.45) is 1.95. The zero-order valence-electron chi connectivity index (χ0n) is 7.00. The lowest BCUT2D eigenvalue weighted by Gasteiger charge is -2.21. The maximum absolute atomic E-state index is 10.8. The minimum atomic E-state index is 0.0509. The lowest BCUT2D eigenvalue weighted by molar-refractivity contribution is -0.109. The Morgan fingerprint density at radius 3 is 3.15 bits per heavy atom. The van der Waals surface area contributed by atoms with Gasteiger partial charge in [0.2, 0.25) is 0 Å². The second-order valence-electron chi connectivity index (χ2n) is 3.04. The number of benzene rings is 1. The van der Waals surface area contributed by atoms with Gasteiger partial charge in [-0.3, -0.25) is 0 Å². The van der Waals surface area contributed by atoms with Crippen molar-refractivity contribution in [2.75, 3.05) is 5.75 Å². The molecule has 1 unspecified atom stereocenters. The van der Waals surface area contributed by atoms with Crippen molar-refractivity contribution in [3.63, 3.8) is 0 Å². The molecule has 0 saturated heterocycles. The van der Waals surface area contributed by atoms with Gasteiger partial charge in [-0.05, 0) is 23.8 Å². The van der Waals surface area contributed by atoms with Crippen LogP contribution in [-0.4, -0.2) is 12.0 Å². The third kappa shape index (κ3) is 1.61. The average molecular weight is 213 g/mol. The molecule has 1 heterocycles. The molecule has 1 aromatic rings. The van der Waals surface area contributed by atoms with Crippen LogP contribution in [0.25, 0.3) is 0 Å². The fraction of sp³-hybridized carbons (Fsp3) is 0.300. The highest BCUT2D eigenvalue weighted by Gasteiger charge is 2.21. The van der Waals surface area contributed by atoms with Gasteiger partial charge in [0.25, 0.3) is 0 Å². The van der Waals surface area contributed by atoms with E-state index in [9.17, 15) is 4.79 Å². The first-order chi connectivity index (χ1) is 6.33. The minimum Gasteiger partial charge on any atom is -0.303 e.